The molecule has 7 nitrogen and oxygen atoms in total. The molecule has 0 unspecified atom stereocenters. The zero-order valence-corrected chi connectivity index (χ0v) is 16.5. The molecule has 3 aromatic rings. The Morgan fingerprint density at radius 2 is 1.90 bits per heavy atom. The normalized spacial score (nSPS) is 15.1. The molecule has 29 heavy (non-hydrogen) atoms. The van der Waals surface area contributed by atoms with Crippen molar-refractivity contribution in [2.24, 2.45) is 0 Å². The number of amides is 1. The topological polar surface area (TPSA) is 93.9 Å². The molecular formula is C20H21FN4O3S. The van der Waals surface area contributed by atoms with Crippen molar-refractivity contribution in [3.05, 3.63) is 54.2 Å². The van der Waals surface area contributed by atoms with Crippen LogP contribution in [0.25, 0.3) is 11.2 Å². The maximum atomic E-state index is 13.0. The van der Waals surface area contributed by atoms with Gasteiger partial charge in [-0.25, -0.2) is 22.8 Å². The van der Waals surface area contributed by atoms with Crippen LogP contribution in [0.4, 0.5) is 4.39 Å². The zero-order valence-electron chi connectivity index (χ0n) is 15.7. The lowest BCUT2D eigenvalue weighted by Crippen LogP contribution is -2.29. The number of carbonyl (C=O) groups excluding carboxylic acids is 1. The van der Waals surface area contributed by atoms with Gasteiger partial charge in [-0.15, -0.1) is 0 Å². The molecule has 1 aliphatic rings. The fourth-order valence-corrected chi connectivity index (χ4v) is 4.81. The minimum atomic E-state index is -3.61. The first-order chi connectivity index (χ1) is 13.9. The highest BCUT2D eigenvalue weighted by atomic mass is 32.2. The predicted octanol–water partition coefficient (Wildman–Crippen LogP) is 2.89. The van der Waals surface area contributed by atoms with E-state index in [0.29, 0.717) is 17.1 Å². The van der Waals surface area contributed by atoms with E-state index in [-0.39, 0.29) is 17.2 Å². The molecule has 9 heteroatoms. The quantitative estimate of drug-likeness (QED) is 0.624. The summed E-state index contributed by atoms with van der Waals surface area (Å²) in [5.41, 5.74) is 1.73. The molecular weight excluding hydrogens is 395 g/mol. The number of carbonyl (C=O) groups is 1. The third kappa shape index (κ3) is 4.14. The number of nitrogens with one attached hydrogen (secondary N) is 1. The van der Waals surface area contributed by atoms with Gasteiger partial charge in [0.1, 0.15) is 11.3 Å². The number of aromatic nitrogens is 3. The molecule has 2 heterocycles. The number of fused-ring (bicyclic) bond motifs is 1. The zero-order chi connectivity index (χ0) is 20.4. The SMILES string of the molecule is O=C(NCCS(=O)(=O)c1ccc(F)cc1)c1cnc2c(c1)ncn2C1CCCC1. The summed E-state index contributed by atoms with van der Waals surface area (Å²) in [6.07, 6.45) is 7.87. The van der Waals surface area contributed by atoms with Crippen molar-refractivity contribution in [2.45, 2.75) is 36.6 Å². The maximum absolute atomic E-state index is 13.0. The van der Waals surface area contributed by atoms with Crippen molar-refractivity contribution in [2.75, 3.05) is 12.3 Å². The molecule has 0 saturated heterocycles. The van der Waals surface area contributed by atoms with E-state index in [1.807, 2.05) is 0 Å². The Bertz CT molecular complexity index is 1140. The van der Waals surface area contributed by atoms with Gasteiger partial charge in [-0.05, 0) is 43.2 Å². The van der Waals surface area contributed by atoms with E-state index in [4.69, 9.17) is 0 Å². The first kappa shape index (κ1) is 19.5. The number of halogens is 1. The Hall–Kier alpha value is -2.81. The molecule has 1 saturated carbocycles. The summed E-state index contributed by atoms with van der Waals surface area (Å²) in [5.74, 6) is -1.20. The fraction of sp³-hybridized carbons (Fsp3) is 0.350. The van der Waals surface area contributed by atoms with Gasteiger partial charge in [-0.1, -0.05) is 12.8 Å². The lowest BCUT2D eigenvalue weighted by atomic mass is 10.2. The van der Waals surface area contributed by atoms with Crippen LogP contribution in [-0.2, 0) is 9.84 Å². The number of nitrogens with zero attached hydrogens (tertiary/aromatic N) is 3. The van der Waals surface area contributed by atoms with E-state index in [0.717, 1.165) is 30.6 Å². The van der Waals surface area contributed by atoms with Crippen LogP contribution in [-0.4, -0.2) is 41.2 Å². The summed E-state index contributed by atoms with van der Waals surface area (Å²) in [6.45, 7) is -0.0624. The highest BCUT2D eigenvalue weighted by Gasteiger charge is 2.20. The van der Waals surface area contributed by atoms with Crippen LogP contribution in [0.1, 0.15) is 42.1 Å². The molecule has 0 bridgehead atoms. The van der Waals surface area contributed by atoms with Crippen molar-refractivity contribution >= 4 is 26.9 Å². The fourth-order valence-electron chi connectivity index (χ4n) is 3.65. The molecule has 0 spiro atoms. The standard InChI is InChI=1S/C20H21FN4O3S/c21-15-5-7-17(8-6-15)29(27,28)10-9-22-20(26)14-11-18-19(23-12-14)25(13-24-18)16-3-1-2-4-16/h5-8,11-13,16H,1-4,9-10H2,(H,22,26). The second-order valence-corrected chi connectivity index (χ2v) is 9.29. The molecule has 1 aliphatic carbocycles. The molecule has 1 aromatic carbocycles. The number of hydrogen-bond donors (Lipinski definition) is 1. The Kier molecular flexibility index (Phi) is 5.31. The second-order valence-electron chi connectivity index (χ2n) is 7.19. The van der Waals surface area contributed by atoms with Gasteiger partial charge in [0.15, 0.2) is 15.5 Å². The average molecular weight is 416 g/mol. The predicted molar refractivity (Wildman–Crippen MR) is 106 cm³/mol. The summed E-state index contributed by atoms with van der Waals surface area (Å²) in [7, 11) is -3.61. The number of hydrogen-bond acceptors (Lipinski definition) is 5. The van der Waals surface area contributed by atoms with Crippen LogP contribution in [0.5, 0.6) is 0 Å². The molecule has 2 aromatic heterocycles. The van der Waals surface area contributed by atoms with E-state index in [1.54, 1.807) is 12.4 Å². The van der Waals surface area contributed by atoms with Crippen molar-refractivity contribution in [3.63, 3.8) is 0 Å². The summed E-state index contributed by atoms with van der Waals surface area (Å²) in [5, 5.41) is 2.60. The molecule has 1 fully saturated rings. The van der Waals surface area contributed by atoms with E-state index in [1.165, 1.54) is 31.2 Å². The van der Waals surface area contributed by atoms with Crippen molar-refractivity contribution in [3.8, 4) is 0 Å². The van der Waals surface area contributed by atoms with Crippen molar-refractivity contribution in [1.29, 1.82) is 0 Å². The van der Waals surface area contributed by atoms with Gasteiger partial charge in [0, 0.05) is 18.8 Å². The van der Waals surface area contributed by atoms with Gasteiger partial charge in [-0.2, -0.15) is 0 Å². The lowest BCUT2D eigenvalue weighted by Gasteiger charge is -2.11. The molecule has 152 valence electrons. The van der Waals surface area contributed by atoms with Crippen LogP contribution in [0, 0.1) is 5.82 Å². The van der Waals surface area contributed by atoms with Gasteiger partial charge < -0.3 is 9.88 Å². The Morgan fingerprint density at radius 3 is 2.62 bits per heavy atom. The van der Waals surface area contributed by atoms with E-state index < -0.39 is 21.6 Å². The average Bonchev–Trinajstić information content (AvgIpc) is 3.37. The number of benzene rings is 1. The summed E-state index contributed by atoms with van der Waals surface area (Å²) >= 11 is 0. The smallest absolute Gasteiger partial charge is 0.252 e. The van der Waals surface area contributed by atoms with E-state index in [2.05, 4.69) is 19.9 Å². The monoisotopic (exact) mass is 416 g/mol. The van der Waals surface area contributed by atoms with Gasteiger partial charge >= 0.3 is 0 Å². The summed E-state index contributed by atoms with van der Waals surface area (Å²) < 4.78 is 39.6. The molecule has 0 radical (unpaired) electrons. The van der Waals surface area contributed by atoms with Crippen LogP contribution in [0.3, 0.4) is 0 Å². The van der Waals surface area contributed by atoms with Crippen LogP contribution < -0.4 is 5.32 Å². The number of pyridine rings is 1. The third-order valence-corrected chi connectivity index (χ3v) is 6.95. The molecule has 4 rings (SSSR count). The Balaban J connectivity index is 1.40. The second kappa shape index (κ2) is 7.90. The van der Waals surface area contributed by atoms with Gasteiger partial charge in [0.2, 0.25) is 0 Å². The number of imidazole rings is 1. The lowest BCUT2D eigenvalue weighted by molar-refractivity contribution is 0.0956. The van der Waals surface area contributed by atoms with E-state index in [9.17, 15) is 17.6 Å². The highest BCUT2D eigenvalue weighted by molar-refractivity contribution is 7.91. The maximum Gasteiger partial charge on any atom is 0.252 e. The van der Waals surface area contributed by atoms with Crippen molar-refractivity contribution in [1.82, 2.24) is 19.9 Å². The van der Waals surface area contributed by atoms with Gasteiger partial charge in [0.05, 0.1) is 22.5 Å². The first-order valence-corrected chi connectivity index (χ1v) is 11.2. The van der Waals surface area contributed by atoms with Crippen LogP contribution in [0.2, 0.25) is 0 Å². The first-order valence-electron chi connectivity index (χ1n) is 9.53. The molecule has 1 amide bonds. The summed E-state index contributed by atoms with van der Waals surface area (Å²) in [4.78, 5) is 21.2. The minimum Gasteiger partial charge on any atom is -0.351 e. The Morgan fingerprint density at radius 1 is 1.17 bits per heavy atom. The summed E-state index contributed by atoms with van der Waals surface area (Å²) in [6, 6.07) is 6.69. The minimum absolute atomic E-state index is 0.0219. The molecule has 1 N–H and O–H groups in total. The van der Waals surface area contributed by atoms with Crippen LogP contribution in [0.15, 0.2) is 47.8 Å². The van der Waals surface area contributed by atoms with Gasteiger partial charge in [-0.3, -0.25) is 4.79 Å². The number of sulfone groups is 1. The molecule has 0 atom stereocenters. The number of rotatable bonds is 6. The van der Waals surface area contributed by atoms with Crippen LogP contribution >= 0.6 is 0 Å². The molecule has 0 aliphatic heterocycles. The Labute approximate surface area is 167 Å². The highest BCUT2D eigenvalue weighted by Crippen LogP contribution is 2.31. The largest absolute Gasteiger partial charge is 0.351 e. The van der Waals surface area contributed by atoms with Gasteiger partial charge in [0.25, 0.3) is 5.91 Å². The van der Waals surface area contributed by atoms with Crippen molar-refractivity contribution < 1.29 is 17.6 Å². The third-order valence-electron chi connectivity index (χ3n) is 5.22. The van der Waals surface area contributed by atoms with E-state index >= 15 is 0 Å².